The van der Waals surface area contributed by atoms with Crippen LogP contribution >= 0.6 is 0 Å². The van der Waals surface area contributed by atoms with E-state index in [1.807, 2.05) is 0 Å². The first kappa shape index (κ1) is 18.2. The van der Waals surface area contributed by atoms with Crippen LogP contribution in [0, 0.1) is 35.2 Å². The van der Waals surface area contributed by atoms with Gasteiger partial charge < -0.3 is 4.98 Å². The third kappa shape index (κ3) is 3.09. The number of hydrogen-bond donors (Lipinski definition) is 0. The molecular formula is C17H7F5IrN-. The van der Waals surface area contributed by atoms with Gasteiger partial charge in [-0.1, -0.05) is 17.7 Å². The molecule has 0 aliphatic rings. The van der Waals surface area contributed by atoms with Gasteiger partial charge in [-0.3, -0.25) is 0 Å². The number of benzene rings is 2. The first-order valence-electron chi connectivity index (χ1n) is 6.45. The molecule has 0 saturated heterocycles. The van der Waals surface area contributed by atoms with Crippen molar-refractivity contribution < 1.29 is 42.1 Å². The van der Waals surface area contributed by atoms with Gasteiger partial charge in [0.15, 0.2) is 29.1 Å². The molecule has 0 saturated carbocycles. The summed E-state index contributed by atoms with van der Waals surface area (Å²) in [6.07, 6.45) is 1.56. The molecule has 1 radical (unpaired) electrons. The van der Waals surface area contributed by atoms with Crippen LogP contribution in [0.4, 0.5) is 22.0 Å². The average molecular weight is 512 g/mol. The van der Waals surface area contributed by atoms with E-state index in [2.05, 4.69) is 11.1 Å². The first-order chi connectivity index (χ1) is 11.0. The maximum Gasteiger partial charge on any atom is 0.200 e. The summed E-state index contributed by atoms with van der Waals surface area (Å²) in [5, 5.41) is 0. The van der Waals surface area contributed by atoms with E-state index in [-0.39, 0.29) is 25.7 Å². The van der Waals surface area contributed by atoms with Crippen LogP contribution < -0.4 is 0 Å². The Balaban J connectivity index is 0.00000208. The van der Waals surface area contributed by atoms with E-state index in [4.69, 9.17) is 0 Å². The molecule has 2 aromatic carbocycles. The molecule has 1 heterocycles. The van der Waals surface area contributed by atoms with Crippen molar-refractivity contribution in [2.24, 2.45) is 0 Å². The summed E-state index contributed by atoms with van der Waals surface area (Å²) >= 11 is 0. The molecule has 0 spiro atoms. The van der Waals surface area contributed by atoms with Crippen LogP contribution in [-0.2, 0) is 20.1 Å². The molecule has 1 aromatic heterocycles. The third-order valence-corrected chi connectivity index (χ3v) is 3.25. The summed E-state index contributed by atoms with van der Waals surface area (Å²) in [4.78, 5) is 4.08. The number of halogens is 5. The summed E-state index contributed by atoms with van der Waals surface area (Å²) in [5.41, 5.74) is -0.0580. The van der Waals surface area contributed by atoms with Gasteiger partial charge in [-0.25, -0.2) is 22.0 Å². The Morgan fingerprint density at radius 1 is 0.750 bits per heavy atom. The van der Waals surface area contributed by atoms with Gasteiger partial charge in [0, 0.05) is 31.9 Å². The van der Waals surface area contributed by atoms with Gasteiger partial charge in [0.05, 0.1) is 0 Å². The second-order valence-corrected chi connectivity index (χ2v) is 4.65. The zero-order valence-electron chi connectivity index (χ0n) is 11.7. The Morgan fingerprint density at radius 3 is 1.88 bits per heavy atom. The van der Waals surface area contributed by atoms with Crippen molar-refractivity contribution >= 4 is 0 Å². The van der Waals surface area contributed by atoms with Gasteiger partial charge in [0.25, 0.3) is 0 Å². The van der Waals surface area contributed by atoms with Crippen molar-refractivity contribution in [3.05, 3.63) is 77.7 Å². The van der Waals surface area contributed by atoms with Crippen molar-refractivity contribution in [1.82, 2.24) is 4.98 Å². The molecule has 0 aliphatic carbocycles. The maximum atomic E-state index is 13.8. The van der Waals surface area contributed by atoms with E-state index in [0.29, 0.717) is 11.3 Å². The molecule has 24 heavy (non-hydrogen) atoms. The van der Waals surface area contributed by atoms with Crippen LogP contribution in [0.3, 0.4) is 0 Å². The van der Waals surface area contributed by atoms with Gasteiger partial charge >= 0.3 is 0 Å². The fourth-order valence-corrected chi connectivity index (χ4v) is 2.12. The molecule has 0 bridgehead atoms. The predicted molar refractivity (Wildman–Crippen MR) is 73.7 cm³/mol. The summed E-state index contributed by atoms with van der Waals surface area (Å²) in [6.45, 7) is 0. The van der Waals surface area contributed by atoms with Crippen LogP contribution in [0.15, 0.2) is 42.6 Å². The van der Waals surface area contributed by atoms with Gasteiger partial charge in [0.1, 0.15) is 0 Å². The normalized spacial score (nSPS) is 10.4. The van der Waals surface area contributed by atoms with Crippen LogP contribution in [-0.4, -0.2) is 4.98 Å². The predicted octanol–water partition coefficient (Wildman–Crippen LogP) is 4.91. The minimum absolute atomic E-state index is 0. The third-order valence-electron chi connectivity index (χ3n) is 3.25. The van der Waals surface area contributed by atoms with E-state index in [0.717, 1.165) is 6.07 Å². The molecule has 0 aliphatic heterocycles. The molecule has 3 aromatic rings. The van der Waals surface area contributed by atoms with Crippen molar-refractivity contribution in [2.45, 2.75) is 0 Å². The van der Waals surface area contributed by atoms with Crippen molar-refractivity contribution in [3.63, 3.8) is 0 Å². The van der Waals surface area contributed by atoms with E-state index in [9.17, 15) is 22.0 Å². The summed E-state index contributed by atoms with van der Waals surface area (Å²) in [5.74, 6) is -9.89. The summed E-state index contributed by atoms with van der Waals surface area (Å²) in [6, 6.07) is 11.7. The Kier molecular flexibility index (Phi) is 5.47. The Hall–Kier alpha value is -2.11. The summed E-state index contributed by atoms with van der Waals surface area (Å²) in [7, 11) is 0. The maximum absolute atomic E-state index is 13.8. The number of rotatable bonds is 2. The molecule has 3 rings (SSSR count). The van der Waals surface area contributed by atoms with E-state index in [1.165, 1.54) is 12.1 Å². The molecule has 0 atom stereocenters. The Labute approximate surface area is 147 Å². The van der Waals surface area contributed by atoms with Gasteiger partial charge in [0.2, 0.25) is 0 Å². The van der Waals surface area contributed by atoms with Crippen LogP contribution in [0.1, 0.15) is 0 Å². The molecule has 1 nitrogen and oxygen atoms in total. The minimum atomic E-state index is -2.18. The van der Waals surface area contributed by atoms with Crippen molar-refractivity contribution in [2.75, 3.05) is 0 Å². The zero-order valence-corrected chi connectivity index (χ0v) is 14.1. The fourth-order valence-electron chi connectivity index (χ4n) is 2.12. The van der Waals surface area contributed by atoms with Gasteiger partial charge in [-0.2, -0.15) is 0 Å². The number of hydrogen-bond acceptors (Lipinski definition) is 1. The Morgan fingerprint density at radius 2 is 1.38 bits per heavy atom. The van der Waals surface area contributed by atoms with Gasteiger partial charge in [-0.05, 0) is 11.8 Å². The monoisotopic (exact) mass is 513 g/mol. The quantitative estimate of drug-likeness (QED) is 0.206. The van der Waals surface area contributed by atoms with Crippen LogP contribution in [0.25, 0.3) is 22.4 Å². The minimum Gasteiger partial charge on any atom is -0.305 e. The molecule has 0 amide bonds. The topological polar surface area (TPSA) is 12.9 Å². The second-order valence-electron chi connectivity index (χ2n) is 4.65. The van der Waals surface area contributed by atoms with Gasteiger partial charge in [-0.15, -0.1) is 29.8 Å². The first-order valence-corrected chi connectivity index (χ1v) is 6.45. The molecule has 0 N–H and O–H groups in total. The van der Waals surface area contributed by atoms with E-state index >= 15 is 0 Å². The van der Waals surface area contributed by atoms with Crippen LogP contribution in [0.2, 0.25) is 0 Å². The number of nitrogens with zero attached hydrogens (tertiary/aromatic N) is 1. The molecule has 7 heteroatoms. The fraction of sp³-hybridized carbons (Fsp3) is 0. The molecule has 0 fully saturated rings. The van der Waals surface area contributed by atoms with E-state index in [1.54, 1.807) is 24.4 Å². The SMILES string of the molecule is Fc1c(F)c(F)c(-c2c[c-]c(-c3ccccn3)cc2)c(F)c1F.[Ir]. The smallest absolute Gasteiger partial charge is 0.200 e. The summed E-state index contributed by atoms with van der Waals surface area (Å²) < 4.78 is 67.1. The largest absolute Gasteiger partial charge is 0.305 e. The zero-order chi connectivity index (χ0) is 16.6. The molecular weight excluding hydrogens is 505 g/mol. The Bertz CT molecular complexity index is 837. The second kappa shape index (κ2) is 7.20. The van der Waals surface area contributed by atoms with Crippen molar-refractivity contribution in [3.8, 4) is 22.4 Å². The molecule has 125 valence electrons. The standard InChI is InChI=1S/C17H7F5N.Ir/c18-13-12(14(19)16(21)17(22)15(13)20)10-6-4-9(5-7-10)11-3-1-2-8-23-11;/h1-4,6-8H;/q-1;. The number of aromatic nitrogens is 1. The molecule has 0 unspecified atom stereocenters. The van der Waals surface area contributed by atoms with Crippen molar-refractivity contribution in [1.29, 1.82) is 0 Å². The van der Waals surface area contributed by atoms with E-state index < -0.39 is 34.6 Å². The van der Waals surface area contributed by atoms with Crippen LogP contribution in [0.5, 0.6) is 0 Å². The average Bonchev–Trinajstić information content (AvgIpc) is 2.60. The number of pyridine rings is 1.